The number of rotatable bonds is 8. The zero-order valence-electron chi connectivity index (χ0n) is 22.2. The second-order valence-corrected chi connectivity index (χ2v) is 9.62. The number of nitrogens with zero attached hydrogens (tertiary/aromatic N) is 2. The van der Waals surface area contributed by atoms with Crippen molar-refractivity contribution in [3.05, 3.63) is 46.4 Å². The van der Waals surface area contributed by atoms with Crippen LogP contribution in [0, 0.1) is 0 Å². The Morgan fingerprint density at radius 2 is 1.76 bits per heavy atom. The van der Waals surface area contributed by atoms with E-state index in [2.05, 4.69) is 24.9 Å². The molecule has 0 aromatic carbocycles. The summed E-state index contributed by atoms with van der Waals surface area (Å²) in [6, 6.07) is 1.88. The number of pyridine rings is 1. The Morgan fingerprint density at radius 3 is 2.21 bits per heavy atom. The van der Waals surface area contributed by atoms with Gasteiger partial charge in [0.2, 0.25) is 15.7 Å². The van der Waals surface area contributed by atoms with Crippen molar-refractivity contribution in [1.82, 2.24) is 4.98 Å². The molecule has 2 aromatic heterocycles. The van der Waals surface area contributed by atoms with Crippen molar-refractivity contribution in [3.8, 4) is 0 Å². The van der Waals surface area contributed by atoms with Gasteiger partial charge in [-0.15, -0.1) is 0 Å². The molecule has 2 aromatic rings. The molecule has 2 heterocycles. The van der Waals surface area contributed by atoms with E-state index in [-0.39, 0.29) is 63.0 Å². The number of furan rings is 1. The van der Waals surface area contributed by atoms with Crippen LogP contribution in [0.25, 0.3) is 22.4 Å². The monoisotopic (exact) mass is 515 g/mol. The van der Waals surface area contributed by atoms with Gasteiger partial charge in [0.15, 0.2) is 6.29 Å². The molecule has 0 radical (unpaired) electrons. The van der Waals surface area contributed by atoms with E-state index in [1.165, 1.54) is 24.0 Å². The second-order valence-electron chi connectivity index (χ2n) is 7.60. The van der Waals surface area contributed by atoms with Gasteiger partial charge in [0.05, 0.1) is 17.2 Å². The van der Waals surface area contributed by atoms with Crippen LogP contribution in [0.3, 0.4) is 0 Å². The Balaban J connectivity index is 0.00000207. The first kappa shape index (κ1) is 33.2. The molecular formula is C25H38KN3O4S. The molecule has 0 bridgehead atoms. The number of nitrogens with one attached hydrogen (secondary N) is 1. The van der Waals surface area contributed by atoms with Crippen LogP contribution in [-0.4, -0.2) is 40.0 Å². The van der Waals surface area contributed by atoms with E-state index in [4.69, 9.17) is 10.2 Å². The van der Waals surface area contributed by atoms with Crippen LogP contribution < -0.4 is 55.7 Å². The topological polar surface area (TPSA) is 104 Å². The van der Waals surface area contributed by atoms with E-state index in [1.807, 2.05) is 32.9 Å². The van der Waals surface area contributed by atoms with Crippen LogP contribution in [0.2, 0.25) is 0 Å². The van der Waals surface area contributed by atoms with E-state index < -0.39 is 10.0 Å². The smallest absolute Gasteiger partial charge is 0.680 e. The number of hydrogen-bond acceptors (Lipinski definition) is 5. The number of aldehydes is 1. The molecule has 184 valence electrons. The van der Waals surface area contributed by atoms with Crippen LogP contribution in [0.1, 0.15) is 87.9 Å². The Labute approximate surface area is 247 Å². The summed E-state index contributed by atoms with van der Waals surface area (Å²) in [5, 5.41) is 0.630. The first-order valence-electron chi connectivity index (χ1n) is 11.4. The van der Waals surface area contributed by atoms with Gasteiger partial charge in [-0.3, -0.25) is 9.10 Å². The molecule has 0 amide bonds. The number of allylic oxidation sites excluding steroid dienone is 4. The first-order chi connectivity index (χ1) is 15.7. The molecule has 1 saturated carbocycles. The van der Waals surface area contributed by atoms with E-state index in [0.29, 0.717) is 22.5 Å². The molecule has 3 rings (SSSR count). The third-order valence-corrected chi connectivity index (χ3v) is 6.66. The van der Waals surface area contributed by atoms with Crippen LogP contribution in [-0.2, 0) is 10.0 Å². The van der Waals surface area contributed by atoms with Crippen LogP contribution >= 0.6 is 0 Å². The Hall–Kier alpha value is -0.814. The number of fused-ring (bicyclic) bond motifs is 1. The zero-order valence-corrected chi connectivity index (χ0v) is 26.1. The van der Waals surface area contributed by atoms with Crippen molar-refractivity contribution in [2.45, 2.75) is 66.2 Å². The fourth-order valence-corrected chi connectivity index (χ4v) is 3.83. The van der Waals surface area contributed by atoms with E-state index >= 15 is 0 Å². The van der Waals surface area contributed by atoms with Crippen molar-refractivity contribution in [1.29, 1.82) is 0 Å². The van der Waals surface area contributed by atoms with Crippen LogP contribution in [0.4, 0.5) is 5.82 Å². The summed E-state index contributed by atoms with van der Waals surface area (Å²) < 4.78 is 31.3. The SMILES string of the molecule is CC.CCC(=C/C=C(\C)c1oc2nc(N(C)S(C)(=O)=O)c(C3CC3)cc2c1C=O)CC.C[NH-].[K+]. The van der Waals surface area contributed by atoms with Gasteiger partial charge in [-0.25, -0.2) is 8.42 Å². The summed E-state index contributed by atoms with van der Waals surface area (Å²) in [6.45, 7) is 10.1. The van der Waals surface area contributed by atoms with Gasteiger partial charge in [-0.2, -0.15) is 12.0 Å². The predicted molar refractivity (Wildman–Crippen MR) is 139 cm³/mol. The summed E-state index contributed by atoms with van der Waals surface area (Å²) >= 11 is 0. The minimum atomic E-state index is -3.46. The molecule has 1 N–H and O–H groups in total. The number of carbonyl (C=O) groups is 1. The van der Waals surface area contributed by atoms with Gasteiger partial charge < -0.3 is 10.2 Å². The fraction of sp³-hybridized carbons (Fsp3) is 0.520. The molecule has 34 heavy (non-hydrogen) atoms. The van der Waals surface area contributed by atoms with Gasteiger partial charge in [-0.1, -0.05) is 45.4 Å². The Morgan fingerprint density at radius 1 is 1.21 bits per heavy atom. The average molecular weight is 516 g/mol. The summed E-state index contributed by atoms with van der Waals surface area (Å²) in [6.07, 6.45) is 9.86. The van der Waals surface area contributed by atoms with E-state index in [0.717, 1.165) is 49.4 Å². The van der Waals surface area contributed by atoms with Crippen molar-refractivity contribution < 1.29 is 69.0 Å². The number of carbonyl (C=O) groups excluding carboxylic acids is 1. The molecule has 7 nitrogen and oxygen atoms in total. The number of aromatic nitrogens is 1. The second kappa shape index (κ2) is 15.3. The minimum Gasteiger partial charge on any atom is -0.680 e. The number of sulfonamides is 1. The Bertz CT molecular complexity index is 1110. The summed E-state index contributed by atoms with van der Waals surface area (Å²) in [7, 11) is -0.719. The molecule has 9 heteroatoms. The normalized spacial score (nSPS) is 13.0. The third kappa shape index (κ3) is 8.11. The molecule has 0 unspecified atom stereocenters. The zero-order chi connectivity index (χ0) is 25.3. The molecule has 1 aliphatic rings. The molecule has 1 aliphatic carbocycles. The van der Waals surface area contributed by atoms with Crippen molar-refractivity contribution in [2.75, 3.05) is 24.7 Å². The largest absolute Gasteiger partial charge is 1.00 e. The quantitative estimate of drug-likeness (QED) is 0.302. The van der Waals surface area contributed by atoms with Crippen LogP contribution in [0.15, 0.2) is 28.2 Å². The van der Waals surface area contributed by atoms with Gasteiger partial charge in [0.1, 0.15) is 11.6 Å². The predicted octanol–water partition coefficient (Wildman–Crippen LogP) is 3.76. The Kier molecular flexibility index (Phi) is 15.0. The maximum Gasteiger partial charge on any atom is 1.00 e. The number of hydrogen-bond donors (Lipinski definition) is 0. The van der Waals surface area contributed by atoms with Crippen molar-refractivity contribution in [2.24, 2.45) is 0 Å². The minimum absolute atomic E-state index is 0. The standard InChI is InChI=1S/C22H28N2O4S.C2H6.CH4N.K/c1-6-15(7-2)9-8-14(3)20-19(13-25)18-12-17(16-10-11-16)21(23-22(18)28-20)24(4)29(5,26)27;2*1-2;/h8-9,12-13,16H,6-7,10-11H2,1-5H3;1-2H3;2H,1H3;/q;;-1;+1/b14-8+;;;. The van der Waals surface area contributed by atoms with Gasteiger partial charge in [0.25, 0.3) is 0 Å². The molecular weight excluding hydrogens is 477 g/mol. The maximum absolute atomic E-state index is 12.1. The molecule has 0 aliphatic heterocycles. The van der Waals surface area contributed by atoms with Crippen molar-refractivity contribution >= 4 is 38.8 Å². The fourth-order valence-electron chi connectivity index (χ4n) is 3.37. The molecule has 0 saturated heterocycles. The molecule has 0 spiro atoms. The van der Waals surface area contributed by atoms with Gasteiger partial charge >= 0.3 is 51.4 Å². The van der Waals surface area contributed by atoms with E-state index in [1.54, 1.807) is 0 Å². The van der Waals surface area contributed by atoms with Gasteiger partial charge in [-0.05, 0) is 55.7 Å². The van der Waals surface area contributed by atoms with Crippen LogP contribution in [0.5, 0.6) is 0 Å². The molecule has 1 fully saturated rings. The summed E-state index contributed by atoms with van der Waals surface area (Å²) in [5.41, 5.74) is 9.47. The maximum atomic E-state index is 12.1. The summed E-state index contributed by atoms with van der Waals surface area (Å²) in [4.78, 5) is 16.4. The summed E-state index contributed by atoms with van der Waals surface area (Å²) in [5.74, 6) is 1.12. The van der Waals surface area contributed by atoms with E-state index in [9.17, 15) is 13.2 Å². The first-order valence-corrected chi connectivity index (χ1v) is 13.3. The number of anilines is 1. The molecule has 0 atom stereocenters. The van der Waals surface area contributed by atoms with Gasteiger partial charge in [0, 0.05) is 7.05 Å². The average Bonchev–Trinajstić information content (AvgIpc) is 3.60. The third-order valence-electron chi connectivity index (χ3n) is 5.50. The van der Waals surface area contributed by atoms with Crippen molar-refractivity contribution in [3.63, 3.8) is 0 Å².